The first-order valence-electron chi connectivity index (χ1n) is 10.1. The fourth-order valence-corrected chi connectivity index (χ4v) is 5.81. The molecule has 1 aromatic rings. The Bertz CT molecular complexity index is 819. The van der Waals surface area contributed by atoms with Crippen LogP contribution in [-0.4, -0.2) is 49.3 Å². The third-order valence-electron chi connectivity index (χ3n) is 6.97. The molecule has 0 saturated carbocycles. The van der Waals surface area contributed by atoms with Crippen LogP contribution in [-0.2, 0) is 21.4 Å². The van der Waals surface area contributed by atoms with Crippen molar-refractivity contribution in [1.29, 1.82) is 0 Å². The highest BCUT2D eigenvalue weighted by atomic mass is 16.6. The van der Waals surface area contributed by atoms with Gasteiger partial charge < -0.3 is 19.1 Å². The lowest BCUT2D eigenvalue weighted by Gasteiger charge is -2.56. The van der Waals surface area contributed by atoms with Crippen LogP contribution in [0, 0.1) is 5.92 Å². The Hall–Kier alpha value is -2.01. The Kier molecular flexibility index (Phi) is 3.80. The second-order valence-corrected chi connectivity index (χ2v) is 8.16. The maximum Gasteiger partial charge on any atom is 0.306 e. The number of rotatable bonds is 4. The molecule has 1 aromatic carbocycles. The van der Waals surface area contributed by atoms with Gasteiger partial charge in [0.1, 0.15) is 6.10 Å². The zero-order chi connectivity index (χ0) is 18.8. The molecule has 2 aliphatic carbocycles. The van der Waals surface area contributed by atoms with E-state index in [4.69, 9.17) is 14.2 Å². The van der Waals surface area contributed by atoms with Crippen LogP contribution in [0.1, 0.15) is 37.8 Å². The molecule has 0 radical (unpaired) electrons. The fourth-order valence-electron chi connectivity index (χ4n) is 5.81. The minimum Gasteiger partial charge on any atom is -0.490 e. The number of likely N-dealkylation sites (N-methyl/N-ethyl adjacent to an activating group) is 1. The van der Waals surface area contributed by atoms with E-state index in [0.717, 1.165) is 30.9 Å². The summed E-state index contributed by atoms with van der Waals surface area (Å²) in [5.41, 5.74) is 2.55. The summed E-state index contributed by atoms with van der Waals surface area (Å²) in [5, 5.41) is 0. The molecule has 5 atom stereocenters. The molecule has 0 N–H and O–H groups in total. The molecule has 144 valence electrons. The molecule has 27 heavy (non-hydrogen) atoms. The van der Waals surface area contributed by atoms with Gasteiger partial charge in [-0.05, 0) is 51.1 Å². The highest BCUT2D eigenvalue weighted by Crippen LogP contribution is 2.62. The zero-order valence-corrected chi connectivity index (χ0v) is 16.2. The maximum atomic E-state index is 12.1. The first-order valence-corrected chi connectivity index (χ1v) is 10.1. The average molecular weight is 369 g/mol. The average Bonchev–Trinajstić information content (AvgIpc) is 3.02. The minimum absolute atomic E-state index is 0.124. The zero-order valence-electron chi connectivity index (χ0n) is 16.2. The first-order chi connectivity index (χ1) is 13.1. The maximum absolute atomic E-state index is 12.1. The van der Waals surface area contributed by atoms with Crippen molar-refractivity contribution in [3.8, 4) is 11.5 Å². The summed E-state index contributed by atoms with van der Waals surface area (Å²) < 4.78 is 18.3. The van der Waals surface area contributed by atoms with Crippen LogP contribution in [0.2, 0.25) is 0 Å². The Morgan fingerprint density at radius 2 is 2.19 bits per heavy atom. The van der Waals surface area contributed by atoms with Crippen molar-refractivity contribution >= 4 is 5.97 Å². The van der Waals surface area contributed by atoms with Crippen LogP contribution in [0.4, 0.5) is 0 Å². The van der Waals surface area contributed by atoms with Gasteiger partial charge >= 0.3 is 5.97 Å². The molecule has 2 aliphatic heterocycles. The quantitative estimate of drug-likeness (QED) is 0.603. The second-order valence-electron chi connectivity index (χ2n) is 8.16. The SMILES string of the molecule is CCOc1ccc2c3c1O[C@H]1[C@@H](OC(=O)CC)C=CC4[C@@H](C2)N(C)CC[C@@]341. The van der Waals surface area contributed by atoms with Gasteiger partial charge in [-0.2, -0.15) is 0 Å². The van der Waals surface area contributed by atoms with Crippen molar-refractivity contribution < 1.29 is 19.0 Å². The number of hydrogen-bond acceptors (Lipinski definition) is 5. The van der Waals surface area contributed by atoms with E-state index in [1.165, 1.54) is 11.1 Å². The smallest absolute Gasteiger partial charge is 0.306 e. The van der Waals surface area contributed by atoms with Gasteiger partial charge in [-0.1, -0.05) is 19.1 Å². The molecule has 1 spiro atoms. The standard InChI is InChI=1S/C22H27NO4/c1-4-18(24)26-17-9-7-14-15-12-13-6-8-16(25-5-2)20-19(13)22(14,21(17)27-20)10-11-23(15)3/h6-9,14-15,17,21H,4-5,10-12H2,1-3H3/t14?,15-,17+,21+,22+/m1/s1. The summed E-state index contributed by atoms with van der Waals surface area (Å²) in [6, 6.07) is 4.72. The fraction of sp³-hybridized carbons (Fsp3) is 0.591. The molecule has 5 heteroatoms. The van der Waals surface area contributed by atoms with Crippen LogP contribution in [0.5, 0.6) is 11.5 Å². The van der Waals surface area contributed by atoms with Crippen molar-refractivity contribution in [3.63, 3.8) is 0 Å². The summed E-state index contributed by atoms with van der Waals surface area (Å²) in [5.74, 6) is 1.90. The Balaban J connectivity index is 1.68. The summed E-state index contributed by atoms with van der Waals surface area (Å²) in [6.45, 7) is 5.46. The lowest BCUT2D eigenvalue weighted by molar-refractivity contribution is -0.154. The van der Waals surface area contributed by atoms with Gasteiger partial charge in [0.05, 0.1) is 6.61 Å². The molecule has 1 saturated heterocycles. The number of ether oxygens (including phenoxy) is 3. The summed E-state index contributed by atoms with van der Waals surface area (Å²) >= 11 is 0. The molecule has 0 amide bonds. The lowest BCUT2D eigenvalue weighted by atomic mass is 9.53. The monoisotopic (exact) mass is 369 g/mol. The van der Waals surface area contributed by atoms with Gasteiger partial charge in [0, 0.05) is 29.4 Å². The first kappa shape index (κ1) is 17.1. The number of carbonyl (C=O) groups excluding carboxylic acids is 1. The number of esters is 1. The van der Waals surface area contributed by atoms with E-state index in [0.29, 0.717) is 25.0 Å². The molecule has 1 fully saturated rings. The van der Waals surface area contributed by atoms with Crippen molar-refractivity contribution in [1.82, 2.24) is 4.90 Å². The summed E-state index contributed by atoms with van der Waals surface area (Å²) in [6.07, 6.45) is 6.25. The van der Waals surface area contributed by atoms with Crippen molar-refractivity contribution in [2.24, 2.45) is 5.92 Å². The van der Waals surface area contributed by atoms with Crippen LogP contribution in [0.3, 0.4) is 0 Å². The van der Waals surface area contributed by atoms with Crippen molar-refractivity contribution in [3.05, 3.63) is 35.4 Å². The number of benzene rings is 1. The van der Waals surface area contributed by atoms with Gasteiger partial charge in [0.2, 0.25) is 0 Å². The Morgan fingerprint density at radius 1 is 1.33 bits per heavy atom. The van der Waals surface area contributed by atoms with E-state index in [1.807, 2.05) is 19.9 Å². The van der Waals surface area contributed by atoms with Crippen LogP contribution >= 0.6 is 0 Å². The van der Waals surface area contributed by atoms with E-state index in [1.54, 1.807) is 0 Å². The van der Waals surface area contributed by atoms with E-state index >= 15 is 0 Å². The van der Waals surface area contributed by atoms with E-state index < -0.39 is 0 Å². The molecule has 0 aromatic heterocycles. The third-order valence-corrected chi connectivity index (χ3v) is 6.97. The predicted octanol–water partition coefficient (Wildman–Crippen LogP) is 2.85. The van der Waals surface area contributed by atoms with Gasteiger partial charge in [-0.15, -0.1) is 0 Å². The topological polar surface area (TPSA) is 48.0 Å². The highest BCUT2D eigenvalue weighted by Gasteiger charge is 2.65. The Morgan fingerprint density at radius 3 is 2.96 bits per heavy atom. The molecule has 2 bridgehead atoms. The van der Waals surface area contributed by atoms with E-state index in [-0.39, 0.29) is 23.6 Å². The normalized spacial score (nSPS) is 35.4. The summed E-state index contributed by atoms with van der Waals surface area (Å²) in [4.78, 5) is 14.5. The van der Waals surface area contributed by atoms with E-state index in [9.17, 15) is 4.79 Å². The van der Waals surface area contributed by atoms with Crippen molar-refractivity contribution in [2.75, 3.05) is 20.2 Å². The molecule has 5 rings (SSSR count). The molecular weight excluding hydrogens is 342 g/mol. The van der Waals surface area contributed by atoms with Gasteiger partial charge in [0.15, 0.2) is 17.6 Å². The highest BCUT2D eigenvalue weighted by molar-refractivity contribution is 5.70. The summed E-state index contributed by atoms with van der Waals surface area (Å²) in [7, 11) is 2.22. The van der Waals surface area contributed by atoms with Crippen LogP contribution in [0.15, 0.2) is 24.3 Å². The van der Waals surface area contributed by atoms with Crippen LogP contribution in [0.25, 0.3) is 0 Å². The largest absolute Gasteiger partial charge is 0.490 e. The number of carbonyl (C=O) groups is 1. The minimum atomic E-state index is -0.342. The van der Waals surface area contributed by atoms with E-state index in [2.05, 4.69) is 30.2 Å². The lowest BCUT2D eigenvalue weighted by Crippen LogP contribution is -2.65. The predicted molar refractivity (Wildman–Crippen MR) is 101 cm³/mol. The molecule has 1 unspecified atom stereocenters. The molecular formula is C22H27NO4. The molecule has 4 aliphatic rings. The molecule has 5 nitrogen and oxygen atoms in total. The van der Waals surface area contributed by atoms with Gasteiger partial charge in [-0.3, -0.25) is 4.79 Å². The van der Waals surface area contributed by atoms with Crippen molar-refractivity contribution in [2.45, 2.75) is 56.8 Å². The van der Waals surface area contributed by atoms with Gasteiger partial charge in [0.25, 0.3) is 0 Å². The Labute approximate surface area is 160 Å². The van der Waals surface area contributed by atoms with Gasteiger partial charge in [-0.25, -0.2) is 0 Å². The third kappa shape index (κ3) is 2.18. The number of piperidine rings is 1. The number of hydrogen-bond donors (Lipinski definition) is 0. The van der Waals surface area contributed by atoms with Crippen LogP contribution < -0.4 is 9.47 Å². The number of nitrogens with zero attached hydrogens (tertiary/aromatic N) is 1. The second kappa shape index (κ2) is 5.99. The molecule has 2 heterocycles. The number of likely N-dealkylation sites (tertiary alicyclic amines) is 1.